The summed E-state index contributed by atoms with van der Waals surface area (Å²) in [4.78, 5) is 12.0. The van der Waals surface area contributed by atoms with Crippen LogP contribution in [0.25, 0.3) is 0 Å². The van der Waals surface area contributed by atoms with Gasteiger partial charge in [-0.1, -0.05) is 13.8 Å². The maximum Gasteiger partial charge on any atom is 0.240 e. The molecule has 1 rings (SSSR count). The van der Waals surface area contributed by atoms with Gasteiger partial charge < -0.3 is 10.6 Å². The van der Waals surface area contributed by atoms with Crippen molar-refractivity contribution in [3.8, 4) is 0 Å². The molecular weight excluding hydrogens is 188 g/mol. The minimum Gasteiger partial charge on any atom is -0.352 e. The van der Waals surface area contributed by atoms with Crippen LogP contribution in [0.15, 0.2) is 0 Å². The summed E-state index contributed by atoms with van der Waals surface area (Å²) in [5.74, 6) is 0.790. The molecule has 2 unspecified atom stereocenters. The summed E-state index contributed by atoms with van der Waals surface area (Å²) in [6, 6.07) is 0.275. The molecule has 3 nitrogen and oxygen atoms in total. The van der Waals surface area contributed by atoms with Crippen LogP contribution in [-0.2, 0) is 4.79 Å². The van der Waals surface area contributed by atoms with Crippen LogP contribution in [0.5, 0.6) is 0 Å². The Morgan fingerprint density at radius 1 is 1.47 bits per heavy atom. The van der Waals surface area contributed by atoms with Gasteiger partial charge in [-0.3, -0.25) is 4.79 Å². The lowest BCUT2D eigenvalue weighted by atomic mass is 9.98. The van der Waals surface area contributed by atoms with Crippen LogP contribution in [-0.4, -0.2) is 24.0 Å². The fraction of sp³-hybridized carbons (Fsp3) is 0.917. The van der Waals surface area contributed by atoms with Crippen molar-refractivity contribution in [2.24, 2.45) is 5.92 Å². The molecule has 1 heterocycles. The number of hydrogen-bond donors (Lipinski definition) is 2. The monoisotopic (exact) mass is 212 g/mol. The van der Waals surface area contributed by atoms with Crippen molar-refractivity contribution in [3.05, 3.63) is 0 Å². The first-order valence-electron chi connectivity index (χ1n) is 6.00. The predicted octanol–water partition coefficient (Wildman–Crippen LogP) is 1.68. The highest BCUT2D eigenvalue weighted by molar-refractivity contribution is 5.86. The number of carbonyl (C=O) groups excluding carboxylic acids is 1. The second-order valence-electron chi connectivity index (χ2n) is 5.37. The molecule has 1 aliphatic rings. The Morgan fingerprint density at radius 3 is 2.60 bits per heavy atom. The lowest BCUT2D eigenvalue weighted by Gasteiger charge is -2.26. The summed E-state index contributed by atoms with van der Waals surface area (Å²) in [6.45, 7) is 9.40. The first-order chi connectivity index (χ1) is 6.94. The molecule has 2 atom stereocenters. The van der Waals surface area contributed by atoms with Gasteiger partial charge in [0.2, 0.25) is 5.91 Å². The number of amides is 1. The van der Waals surface area contributed by atoms with Crippen molar-refractivity contribution in [1.29, 1.82) is 0 Å². The number of carbonyl (C=O) groups is 1. The minimum absolute atomic E-state index is 0.160. The van der Waals surface area contributed by atoms with E-state index in [1.165, 1.54) is 0 Å². The third-order valence-corrected chi connectivity index (χ3v) is 3.07. The second-order valence-corrected chi connectivity index (χ2v) is 5.37. The first kappa shape index (κ1) is 12.5. The zero-order valence-corrected chi connectivity index (χ0v) is 10.4. The second kappa shape index (κ2) is 4.97. The largest absolute Gasteiger partial charge is 0.352 e. The molecule has 0 saturated carbocycles. The number of rotatable bonds is 4. The summed E-state index contributed by atoms with van der Waals surface area (Å²) < 4.78 is 0. The van der Waals surface area contributed by atoms with Gasteiger partial charge in [0.1, 0.15) is 0 Å². The van der Waals surface area contributed by atoms with E-state index < -0.39 is 0 Å². The van der Waals surface area contributed by atoms with Gasteiger partial charge in [-0.15, -0.1) is 0 Å². The van der Waals surface area contributed by atoms with E-state index in [1.807, 2.05) is 6.92 Å². The summed E-state index contributed by atoms with van der Waals surface area (Å²) in [5, 5.41) is 6.37. The molecular formula is C12H24N2O. The zero-order valence-electron chi connectivity index (χ0n) is 10.4. The molecule has 1 fully saturated rings. The van der Waals surface area contributed by atoms with E-state index in [9.17, 15) is 4.79 Å². The van der Waals surface area contributed by atoms with Crippen LogP contribution in [0.1, 0.15) is 47.0 Å². The van der Waals surface area contributed by atoms with Gasteiger partial charge in [-0.25, -0.2) is 0 Å². The van der Waals surface area contributed by atoms with Gasteiger partial charge in [0, 0.05) is 6.04 Å². The summed E-state index contributed by atoms with van der Waals surface area (Å²) in [5.41, 5.74) is -0.328. The Morgan fingerprint density at radius 2 is 2.13 bits per heavy atom. The Kier molecular flexibility index (Phi) is 4.14. The third-order valence-electron chi connectivity index (χ3n) is 3.07. The fourth-order valence-electron chi connectivity index (χ4n) is 2.24. The molecule has 1 amide bonds. The Balaban J connectivity index is 2.40. The van der Waals surface area contributed by atoms with E-state index in [2.05, 4.69) is 31.4 Å². The van der Waals surface area contributed by atoms with Crippen molar-refractivity contribution in [2.75, 3.05) is 6.54 Å². The van der Waals surface area contributed by atoms with Crippen LogP contribution < -0.4 is 10.6 Å². The Labute approximate surface area is 93.0 Å². The maximum absolute atomic E-state index is 12.0. The molecule has 1 aliphatic heterocycles. The highest BCUT2D eigenvalue weighted by atomic mass is 16.2. The molecule has 3 heteroatoms. The lowest BCUT2D eigenvalue weighted by Crippen LogP contribution is -2.53. The first-order valence-corrected chi connectivity index (χ1v) is 6.00. The molecule has 88 valence electrons. The number of nitrogens with one attached hydrogen (secondary N) is 2. The smallest absolute Gasteiger partial charge is 0.240 e. The van der Waals surface area contributed by atoms with Crippen molar-refractivity contribution in [1.82, 2.24) is 10.6 Å². The van der Waals surface area contributed by atoms with Gasteiger partial charge in [0.05, 0.1) is 5.54 Å². The van der Waals surface area contributed by atoms with Crippen LogP contribution in [0.4, 0.5) is 0 Å². The van der Waals surface area contributed by atoms with Gasteiger partial charge in [-0.2, -0.15) is 0 Å². The summed E-state index contributed by atoms with van der Waals surface area (Å²) >= 11 is 0. The normalized spacial score (nSPS) is 28.1. The molecule has 0 bridgehead atoms. The average Bonchev–Trinajstić information content (AvgIpc) is 2.51. The summed E-state index contributed by atoms with van der Waals surface area (Å²) in [6.07, 6.45) is 3.09. The lowest BCUT2D eigenvalue weighted by molar-refractivity contribution is -0.127. The summed E-state index contributed by atoms with van der Waals surface area (Å²) in [7, 11) is 0. The van der Waals surface area contributed by atoms with E-state index >= 15 is 0 Å². The average molecular weight is 212 g/mol. The molecule has 15 heavy (non-hydrogen) atoms. The standard InChI is InChI=1S/C12H24N2O/c1-9(2)8-10(3)14-11(15)12(4)6-5-7-13-12/h9-10,13H,5-8H2,1-4H3,(H,14,15). The van der Waals surface area contributed by atoms with Crippen LogP contribution in [0.2, 0.25) is 0 Å². The van der Waals surface area contributed by atoms with Crippen molar-refractivity contribution < 1.29 is 4.79 Å². The van der Waals surface area contributed by atoms with Crippen molar-refractivity contribution >= 4 is 5.91 Å². The SMILES string of the molecule is CC(C)CC(C)NC(=O)C1(C)CCCN1. The van der Waals surface area contributed by atoms with Crippen LogP contribution >= 0.6 is 0 Å². The van der Waals surface area contributed by atoms with Gasteiger partial charge in [0.25, 0.3) is 0 Å². The van der Waals surface area contributed by atoms with E-state index in [1.54, 1.807) is 0 Å². The molecule has 0 spiro atoms. The topological polar surface area (TPSA) is 41.1 Å². The van der Waals surface area contributed by atoms with Gasteiger partial charge in [0.15, 0.2) is 0 Å². The third kappa shape index (κ3) is 3.49. The van der Waals surface area contributed by atoms with E-state index in [0.29, 0.717) is 5.92 Å². The highest BCUT2D eigenvalue weighted by Crippen LogP contribution is 2.19. The number of hydrogen-bond acceptors (Lipinski definition) is 2. The highest BCUT2D eigenvalue weighted by Gasteiger charge is 2.36. The molecule has 0 aromatic heterocycles. The van der Waals surface area contributed by atoms with Crippen molar-refractivity contribution in [2.45, 2.75) is 58.5 Å². The molecule has 0 aromatic rings. The molecule has 2 N–H and O–H groups in total. The minimum atomic E-state index is -0.328. The molecule has 0 aliphatic carbocycles. The zero-order chi connectivity index (χ0) is 11.5. The quantitative estimate of drug-likeness (QED) is 0.744. The maximum atomic E-state index is 12.0. The Bertz CT molecular complexity index is 220. The Hall–Kier alpha value is -0.570. The van der Waals surface area contributed by atoms with Gasteiger partial charge >= 0.3 is 0 Å². The van der Waals surface area contributed by atoms with Crippen LogP contribution in [0.3, 0.4) is 0 Å². The molecule has 0 radical (unpaired) electrons. The predicted molar refractivity (Wildman–Crippen MR) is 62.7 cm³/mol. The molecule has 1 saturated heterocycles. The van der Waals surface area contributed by atoms with E-state index in [4.69, 9.17) is 0 Å². The fourth-order valence-corrected chi connectivity index (χ4v) is 2.24. The van der Waals surface area contributed by atoms with Crippen molar-refractivity contribution in [3.63, 3.8) is 0 Å². The van der Waals surface area contributed by atoms with Gasteiger partial charge in [-0.05, 0) is 45.6 Å². The van der Waals surface area contributed by atoms with E-state index in [0.717, 1.165) is 25.8 Å². The van der Waals surface area contributed by atoms with E-state index in [-0.39, 0.29) is 17.5 Å². The molecule has 0 aromatic carbocycles. The van der Waals surface area contributed by atoms with Crippen LogP contribution in [0, 0.1) is 5.92 Å².